The average Bonchev–Trinajstić information content (AvgIpc) is 2.17. The van der Waals surface area contributed by atoms with Crippen LogP contribution < -0.4 is 4.91 Å². The van der Waals surface area contributed by atoms with Crippen molar-refractivity contribution in [3.05, 3.63) is 0 Å². The average molecular weight is 321 g/mol. The fourth-order valence-electron chi connectivity index (χ4n) is 0.444. The van der Waals surface area contributed by atoms with Gasteiger partial charge in [0.2, 0.25) is 4.91 Å². The lowest BCUT2D eigenvalue weighted by Crippen LogP contribution is -2.59. The topological polar surface area (TPSA) is 95.9 Å². The van der Waals surface area contributed by atoms with E-state index in [-0.39, 0.29) is 0 Å². The summed E-state index contributed by atoms with van der Waals surface area (Å²) < 4.78 is 73.8. The molecule has 18 heavy (non-hydrogen) atoms. The zero-order valence-corrected chi connectivity index (χ0v) is 9.30. The number of alkyl halides is 6. The molecule has 0 bridgehead atoms. The number of carbonyl (C=O) groups is 2. The summed E-state index contributed by atoms with van der Waals surface area (Å²) in [5.41, 5.74) is 11.0. The lowest BCUT2D eigenvalue weighted by molar-refractivity contribution is -0.280. The normalized spacial score (nSPS) is 12.0. The fourth-order valence-corrected chi connectivity index (χ4v) is 0.681. The van der Waals surface area contributed by atoms with Crippen molar-refractivity contribution in [2.45, 2.75) is 17.8 Å². The van der Waals surface area contributed by atoms with Gasteiger partial charge in [0.15, 0.2) is 0 Å². The van der Waals surface area contributed by atoms with E-state index in [4.69, 9.17) is 11.1 Å². The molecule has 13 heteroatoms. The minimum atomic E-state index is -6.29. The molecular formula is C5H2Cl2F6N3O2+. The molecule has 0 amide bonds. The van der Waals surface area contributed by atoms with Gasteiger partial charge in [-0.15, -0.1) is 0 Å². The van der Waals surface area contributed by atoms with Crippen LogP contribution in [0.2, 0.25) is 0 Å². The summed E-state index contributed by atoms with van der Waals surface area (Å²) in [7, 11) is 0. The summed E-state index contributed by atoms with van der Waals surface area (Å²) in [6.07, 6.45) is 0. The van der Waals surface area contributed by atoms with E-state index in [1.807, 2.05) is 4.91 Å². The van der Waals surface area contributed by atoms with Crippen LogP contribution in [0.1, 0.15) is 0 Å². The molecule has 0 aliphatic heterocycles. The fraction of sp³-hybridized carbons (Fsp3) is 0.600. The van der Waals surface area contributed by atoms with Crippen molar-refractivity contribution in [2.75, 3.05) is 0 Å². The van der Waals surface area contributed by atoms with Crippen LogP contribution in [0.3, 0.4) is 0 Å². The molecular weight excluding hydrogens is 319 g/mol. The smallest absolute Gasteiger partial charge is 0.274 e. The number of hydrogen-bond donors (Lipinski definition) is 2. The van der Waals surface area contributed by atoms with E-state index < -0.39 is 28.3 Å². The van der Waals surface area contributed by atoms with Crippen molar-refractivity contribution in [1.82, 2.24) is 4.91 Å². The second-order valence-corrected chi connectivity index (χ2v) is 3.07. The standard InChI is InChI=1S/C5Cl2F6O2.H2N3/c6-1(14)3(8,9)5(12,13)4(10,11)2(7)15;1-3-2/h;1-2H/q;+1. The monoisotopic (exact) mass is 320 g/mol. The Morgan fingerprint density at radius 2 is 1.00 bits per heavy atom. The summed E-state index contributed by atoms with van der Waals surface area (Å²) in [4.78, 5) is 21.7. The zero-order valence-electron chi connectivity index (χ0n) is 7.79. The van der Waals surface area contributed by atoms with E-state index in [2.05, 4.69) is 23.2 Å². The maximum atomic E-state index is 12.4. The summed E-state index contributed by atoms with van der Waals surface area (Å²) in [5, 5.41) is -6.05. The molecule has 0 aromatic heterocycles. The molecule has 0 aromatic rings. The van der Waals surface area contributed by atoms with E-state index in [0.29, 0.717) is 0 Å². The van der Waals surface area contributed by atoms with Crippen molar-refractivity contribution >= 4 is 33.7 Å². The van der Waals surface area contributed by atoms with Gasteiger partial charge in [0.1, 0.15) is 11.1 Å². The van der Waals surface area contributed by atoms with Crippen LogP contribution in [0, 0.1) is 11.1 Å². The first-order valence-electron chi connectivity index (χ1n) is 3.37. The minimum absolute atomic E-state index is 2.00. The summed E-state index contributed by atoms with van der Waals surface area (Å²) in [6, 6.07) is 0. The van der Waals surface area contributed by atoms with E-state index in [9.17, 15) is 35.9 Å². The Bertz CT molecular complexity index is 353. The van der Waals surface area contributed by atoms with Gasteiger partial charge in [0, 0.05) is 0 Å². The Labute approximate surface area is 104 Å². The molecule has 0 saturated carbocycles. The van der Waals surface area contributed by atoms with E-state index >= 15 is 0 Å². The van der Waals surface area contributed by atoms with Crippen LogP contribution >= 0.6 is 23.2 Å². The highest BCUT2D eigenvalue weighted by molar-refractivity contribution is 6.66. The summed E-state index contributed by atoms with van der Waals surface area (Å²) >= 11 is 8.02. The first kappa shape index (κ1) is 19.2. The number of nitrogens with one attached hydrogen (secondary N) is 2. The predicted molar refractivity (Wildman–Crippen MR) is 44.1 cm³/mol. The molecule has 0 aliphatic carbocycles. The van der Waals surface area contributed by atoms with Gasteiger partial charge >= 0.3 is 17.8 Å². The van der Waals surface area contributed by atoms with Gasteiger partial charge < -0.3 is 0 Å². The molecule has 5 nitrogen and oxygen atoms in total. The van der Waals surface area contributed by atoms with Crippen LogP contribution in [0.25, 0.3) is 0 Å². The van der Waals surface area contributed by atoms with Crippen LogP contribution in [0.15, 0.2) is 0 Å². The quantitative estimate of drug-likeness (QED) is 0.360. The van der Waals surface area contributed by atoms with Gasteiger partial charge in [-0.05, 0) is 23.2 Å². The number of halogens is 8. The van der Waals surface area contributed by atoms with Gasteiger partial charge in [0.05, 0.1) is 0 Å². The van der Waals surface area contributed by atoms with E-state index in [0.717, 1.165) is 0 Å². The highest BCUT2D eigenvalue weighted by Crippen LogP contribution is 2.47. The Morgan fingerprint density at radius 1 is 0.833 bits per heavy atom. The third kappa shape index (κ3) is 3.40. The molecule has 0 atom stereocenters. The number of nitrogens with zero attached hydrogens (tertiary/aromatic N) is 1. The minimum Gasteiger partial charge on any atom is -0.274 e. The van der Waals surface area contributed by atoms with Crippen molar-refractivity contribution in [1.29, 1.82) is 11.1 Å². The van der Waals surface area contributed by atoms with Crippen LogP contribution in [-0.4, -0.2) is 28.3 Å². The van der Waals surface area contributed by atoms with Crippen molar-refractivity contribution < 1.29 is 35.9 Å². The molecule has 0 heterocycles. The Hall–Kier alpha value is -1.19. The van der Waals surface area contributed by atoms with Gasteiger partial charge in [-0.1, -0.05) is 0 Å². The van der Waals surface area contributed by atoms with Crippen LogP contribution in [0.5, 0.6) is 0 Å². The maximum Gasteiger partial charge on any atom is 0.389 e. The van der Waals surface area contributed by atoms with Gasteiger partial charge in [-0.2, -0.15) is 26.3 Å². The van der Waals surface area contributed by atoms with Crippen LogP contribution in [0.4, 0.5) is 26.3 Å². The first-order valence-corrected chi connectivity index (χ1v) is 4.12. The molecule has 0 spiro atoms. The molecule has 0 aliphatic rings. The number of rotatable bonds is 4. The molecule has 2 N–H and O–H groups in total. The highest BCUT2D eigenvalue weighted by atomic mass is 35.5. The lowest BCUT2D eigenvalue weighted by atomic mass is 10.1. The van der Waals surface area contributed by atoms with E-state index in [1.54, 1.807) is 0 Å². The maximum absolute atomic E-state index is 12.4. The molecule has 0 aromatic carbocycles. The second-order valence-electron chi connectivity index (χ2n) is 2.38. The van der Waals surface area contributed by atoms with E-state index in [1.165, 1.54) is 0 Å². The molecule has 0 unspecified atom stereocenters. The third-order valence-corrected chi connectivity index (χ3v) is 1.76. The molecule has 0 saturated heterocycles. The van der Waals surface area contributed by atoms with Gasteiger partial charge in [0.25, 0.3) is 10.5 Å². The zero-order chi connectivity index (χ0) is 15.4. The molecule has 0 radical (unpaired) electrons. The SMILES string of the molecule is N=[N+]=N.O=C(Cl)C(F)(F)C(F)(F)C(F)(F)C(=O)Cl. The largest absolute Gasteiger partial charge is 0.389 e. The summed E-state index contributed by atoms with van der Waals surface area (Å²) in [5.74, 6) is -18.1. The van der Waals surface area contributed by atoms with Gasteiger partial charge in [-0.25, -0.2) is 0 Å². The third-order valence-electron chi connectivity index (χ3n) is 1.28. The number of carbonyl (C=O) groups excluding carboxylic acids is 2. The van der Waals surface area contributed by atoms with Crippen molar-refractivity contribution in [3.8, 4) is 0 Å². The van der Waals surface area contributed by atoms with Gasteiger partial charge in [-0.3, -0.25) is 9.59 Å². The van der Waals surface area contributed by atoms with Crippen molar-refractivity contribution in [2.24, 2.45) is 0 Å². The molecule has 104 valence electrons. The molecule has 0 rings (SSSR count). The lowest BCUT2D eigenvalue weighted by Gasteiger charge is -2.27. The Morgan fingerprint density at radius 3 is 1.11 bits per heavy atom. The number of hydrogen-bond acceptors (Lipinski definition) is 4. The first-order chi connectivity index (χ1) is 7.80. The second kappa shape index (κ2) is 6.12. The van der Waals surface area contributed by atoms with Crippen molar-refractivity contribution in [3.63, 3.8) is 0 Å². The Balaban J connectivity index is 0. The molecule has 0 fully saturated rings. The van der Waals surface area contributed by atoms with Crippen LogP contribution in [-0.2, 0) is 9.59 Å². The summed E-state index contributed by atoms with van der Waals surface area (Å²) in [6.45, 7) is 0. The Kier molecular flexibility index (Phi) is 6.51. The highest BCUT2D eigenvalue weighted by Gasteiger charge is 2.77. The predicted octanol–water partition coefficient (Wildman–Crippen LogP) is 2.54.